The average molecular weight is 403 g/mol. The molecule has 1 fully saturated rings. The van der Waals surface area contributed by atoms with Gasteiger partial charge in [-0.1, -0.05) is 39.0 Å². The lowest BCUT2D eigenvalue weighted by molar-refractivity contribution is -0.118. The van der Waals surface area contributed by atoms with Gasteiger partial charge in [0.25, 0.3) is 0 Å². The Kier molecular flexibility index (Phi) is 5.77. The van der Waals surface area contributed by atoms with Gasteiger partial charge in [0.2, 0.25) is 5.91 Å². The summed E-state index contributed by atoms with van der Waals surface area (Å²) in [5.74, 6) is 1.79. The number of benzene rings is 1. The van der Waals surface area contributed by atoms with Crippen LogP contribution in [-0.2, 0) is 21.0 Å². The van der Waals surface area contributed by atoms with E-state index in [-0.39, 0.29) is 23.4 Å². The molecule has 0 unspecified atom stereocenters. The Labute approximate surface area is 169 Å². The Morgan fingerprint density at radius 1 is 1.25 bits per heavy atom. The quantitative estimate of drug-likeness (QED) is 0.854. The second-order valence-electron chi connectivity index (χ2n) is 8.98. The van der Waals surface area contributed by atoms with Gasteiger partial charge < -0.3 is 5.32 Å². The van der Waals surface area contributed by atoms with E-state index in [1.807, 2.05) is 50.2 Å². The lowest BCUT2D eigenvalue weighted by atomic mass is 9.92. The minimum absolute atomic E-state index is 0.0849. The molecule has 7 heteroatoms. The Bertz CT molecular complexity index is 868. The molecular formula is C21H30N4O2S. The molecule has 1 aromatic carbocycles. The number of nitrogens with one attached hydrogen (secondary N) is 1. The third-order valence-electron chi connectivity index (χ3n) is 5.04. The fraction of sp³-hybridized carbons (Fsp3) is 0.524. The van der Waals surface area contributed by atoms with Crippen LogP contribution in [0.15, 0.2) is 36.4 Å². The molecule has 1 aliphatic rings. The molecule has 0 radical (unpaired) electrons. The third kappa shape index (κ3) is 4.70. The fourth-order valence-corrected chi connectivity index (χ4v) is 4.86. The number of amides is 1. The minimum Gasteiger partial charge on any atom is -0.309 e. The zero-order valence-corrected chi connectivity index (χ0v) is 18.2. The molecule has 2 heterocycles. The number of nitrogens with zero attached hydrogens (tertiary/aromatic N) is 3. The smallest absolute Gasteiger partial charge is 0.239 e. The number of carbonyl (C=O) groups excluding carboxylic acids is 1. The number of carbonyl (C=O) groups is 1. The van der Waals surface area contributed by atoms with Crippen molar-refractivity contribution in [2.45, 2.75) is 45.6 Å². The van der Waals surface area contributed by atoms with Crippen LogP contribution < -0.4 is 5.32 Å². The van der Waals surface area contributed by atoms with Crippen molar-refractivity contribution in [1.82, 2.24) is 14.7 Å². The van der Waals surface area contributed by atoms with Gasteiger partial charge in [-0.25, -0.2) is 4.68 Å². The first-order chi connectivity index (χ1) is 13.1. The van der Waals surface area contributed by atoms with E-state index in [9.17, 15) is 9.00 Å². The van der Waals surface area contributed by atoms with Crippen LogP contribution in [0.2, 0.25) is 0 Å². The number of hydrogen-bond donors (Lipinski definition) is 1. The molecule has 1 amide bonds. The number of anilines is 1. The van der Waals surface area contributed by atoms with Gasteiger partial charge in [-0.2, -0.15) is 5.10 Å². The number of aromatic nitrogens is 2. The molecule has 2 aromatic rings. The Hall–Kier alpha value is -1.99. The van der Waals surface area contributed by atoms with E-state index in [2.05, 4.69) is 31.0 Å². The molecule has 1 N–H and O–H groups in total. The topological polar surface area (TPSA) is 67.2 Å². The second-order valence-corrected chi connectivity index (χ2v) is 10.6. The van der Waals surface area contributed by atoms with Gasteiger partial charge in [0.15, 0.2) is 0 Å². The Morgan fingerprint density at radius 3 is 2.54 bits per heavy atom. The maximum Gasteiger partial charge on any atom is 0.239 e. The van der Waals surface area contributed by atoms with Gasteiger partial charge in [0.05, 0.1) is 17.9 Å². The van der Waals surface area contributed by atoms with Gasteiger partial charge in [-0.3, -0.25) is 13.9 Å². The van der Waals surface area contributed by atoms with Gasteiger partial charge in [-0.15, -0.1) is 0 Å². The Morgan fingerprint density at radius 2 is 1.93 bits per heavy atom. The SMILES string of the molecule is CC(C)(C)c1cc(NC(=O)CN2CC[S@](=O)CC2(C)C)n(-c2ccccc2)n1. The van der Waals surface area contributed by atoms with Gasteiger partial charge >= 0.3 is 0 Å². The van der Waals surface area contributed by atoms with E-state index in [4.69, 9.17) is 5.10 Å². The van der Waals surface area contributed by atoms with Crippen LogP contribution in [0.4, 0.5) is 5.82 Å². The minimum atomic E-state index is -0.806. The summed E-state index contributed by atoms with van der Waals surface area (Å²) in [7, 11) is -0.806. The Balaban J connectivity index is 1.82. The molecule has 0 spiro atoms. The van der Waals surface area contributed by atoms with Crippen molar-refractivity contribution in [2.24, 2.45) is 0 Å². The van der Waals surface area contributed by atoms with Crippen molar-refractivity contribution in [3.63, 3.8) is 0 Å². The lowest BCUT2D eigenvalue weighted by Crippen LogP contribution is -2.55. The van der Waals surface area contributed by atoms with Crippen molar-refractivity contribution in [1.29, 1.82) is 0 Å². The molecular weight excluding hydrogens is 372 g/mol. The summed E-state index contributed by atoms with van der Waals surface area (Å²) in [4.78, 5) is 14.9. The normalized spacial score (nSPS) is 20.1. The van der Waals surface area contributed by atoms with Gasteiger partial charge in [0.1, 0.15) is 5.82 Å². The third-order valence-corrected chi connectivity index (χ3v) is 6.71. The molecule has 1 aromatic heterocycles. The molecule has 1 saturated heterocycles. The molecule has 3 rings (SSSR count). The summed E-state index contributed by atoms with van der Waals surface area (Å²) < 4.78 is 13.7. The fourth-order valence-electron chi connectivity index (χ4n) is 3.32. The molecule has 0 bridgehead atoms. The molecule has 6 nitrogen and oxygen atoms in total. The summed E-state index contributed by atoms with van der Waals surface area (Å²) in [5.41, 5.74) is 1.44. The number of hydrogen-bond acceptors (Lipinski definition) is 4. The molecule has 28 heavy (non-hydrogen) atoms. The maximum absolute atomic E-state index is 12.8. The van der Waals surface area contributed by atoms with E-state index in [1.165, 1.54) is 0 Å². The summed E-state index contributed by atoms with van der Waals surface area (Å²) >= 11 is 0. The van der Waals surface area contributed by atoms with Crippen LogP contribution in [0.3, 0.4) is 0 Å². The highest BCUT2D eigenvalue weighted by atomic mass is 32.2. The van der Waals surface area contributed by atoms with Crippen LogP contribution in [0.5, 0.6) is 0 Å². The largest absolute Gasteiger partial charge is 0.309 e. The van der Waals surface area contributed by atoms with Crippen LogP contribution in [0.1, 0.15) is 40.3 Å². The molecule has 152 valence electrons. The summed E-state index contributed by atoms with van der Waals surface area (Å²) in [6.07, 6.45) is 0. The first-order valence-electron chi connectivity index (χ1n) is 9.62. The predicted octanol–water partition coefficient (Wildman–Crippen LogP) is 2.95. The lowest BCUT2D eigenvalue weighted by Gasteiger charge is -2.41. The van der Waals surface area contributed by atoms with Gasteiger partial charge in [-0.05, 0) is 26.0 Å². The first kappa shape index (κ1) is 20.7. The summed E-state index contributed by atoms with van der Waals surface area (Å²) in [6.45, 7) is 11.3. The average Bonchev–Trinajstić information content (AvgIpc) is 3.02. The zero-order valence-electron chi connectivity index (χ0n) is 17.4. The van der Waals surface area contributed by atoms with Crippen molar-refractivity contribution in [3.8, 4) is 5.69 Å². The number of rotatable bonds is 4. The van der Waals surface area contributed by atoms with E-state index in [1.54, 1.807) is 4.68 Å². The van der Waals surface area contributed by atoms with E-state index in [0.717, 1.165) is 11.4 Å². The van der Waals surface area contributed by atoms with Crippen LogP contribution in [0, 0.1) is 0 Å². The first-order valence-corrected chi connectivity index (χ1v) is 11.1. The highest BCUT2D eigenvalue weighted by molar-refractivity contribution is 7.85. The number of para-hydroxylation sites is 1. The highest BCUT2D eigenvalue weighted by Crippen LogP contribution is 2.26. The van der Waals surface area contributed by atoms with Gasteiger partial charge in [0, 0.05) is 45.9 Å². The predicted molar refractivity (Wildman–Crippen MR) is 114 cm³/mol. The van der Waals surface area contributed by atoms with Crippen molar-refractivity contribution in [2.75, 3.05) is 29.9 Å². The van der Waals surface area contributed by atoms with E-state index < -0.39 is 10.8 Å². The van der Waals surface area contributed by atoms with Crippen LogP contribution in [-0.4, -0.2) is 54.9 Å². The monoisotopic (exact) mass is 402 g/mol. The molecule has 0 saturated carbocycles. The van der Waals surface area contributed by atoms with E-state index >= 15 is 0 Å². The molecule has 1 aliphatic heterocycles. The van der Waals surface area contributed by atoms with Crippen molar-refractivity contribution >= 4 is 22.5 Å². The highest BCUT2D eigenvalue weighted by Gasteiger charge is 2.34. The molecule has 0 aliphatic carbocycles. The maximum atomic E-state index is 12.8. The molecule has 1 atom stereocenters. The van der Waals surface area contributed by atoms with Crippen LogP contribution >= 0.6 is 0 Å². The van der Waals surface area contributed by atoms with Crippen molar-refractivity contribution < 1.29 is 9.00 Å². The van der Waals surface area contributed by atoms with E-state index in [0.29, 0.717) is 23.9 Å². The second kappa shape index (κ2) is 7.79. The summed E-state index contributed by atoms with van der Waals surface area (Å²) in [5, 5.41) is 7.78. The zero-order chi connectivity index (χ0) is 20.5. The summed E-state index contributed by atoms with van der Waals surface area (Å²) in [6, 6.07) is 11.8. The standard InChI is InChI=1S/C21H30N4O2S/c1-20(2,3)17-13-18(25(23-17)16-9-7-6-8-10-16)22-19(26)14-24-11-12-28(27)15-21(24,4)5/h6-10,13H,11-12,14-15H2,1-5H3,(H,22,26)/t28-/m0/s1. The van der Waals surface area contributed by atoms with Crippen LogP contribution in [0.25, 0.3) is 5.69 Å². The van der Waals surface area contributed by atoms with Crippen molar-refractivity contribution in [3.05, 3.63) is 42.1 Å².